The van der Waals surface area contributed by atoms with E-state index in [1.165, 1.54) is 19.2 Å². The summed E-state index contributed by atoms with van der Waals surface area (Å²) in [5.41, 5.74) is -0.178. The van der Waals surface area contributed by atoms with Crippen LogP contribution in [0.2, 0.25) is 0 Å². The number of hydrogen-bond acceptors (Lipinski definition) is 3. The summed E-state index contributed by atoms with van der Waals surface area (Å²) in [5, 5.41) is 10.9. The Kier molecular flexibility index (Phi) is 3.83. The van der Waals surface area contributed by atoms with E-state index in [0.29, 0.717) is 0 Å². The zero-order chi connectivity index (χ0) is 12.3. The molecule has 1 heterocycles. The maximum atomic E-state index is 11.5. The van der Waals surface area contributed by atoms with Crippen molar-refractivity contribution < 1.29 is 14.7 Å². The molecule has 0 radical (unpaired) electrons. The van der Waals surface area contributed by atoms with Crippen LogP contribution in [0.3, 0.4) is 0 Å². The molecule has 1 rings (SSSR count). The van der Waals surface area contributed by atoms with Crippen LogP contribution in [0.4, 0.5) is 0 Å². The maximum absolute atomic E-state index is 11.5. The molecule has 0 unspecified atom stereocenters. The SMILES string of the molecule is C[C@@H](NC(=O)c1c[nH]c(=O)c(Br)c1)C(=O)O. The molecule has 86 valence electrons. The van der Waals surface area contributed by atoms with E-state index >= 15 is 0 Å². The fraction of sp³-hybridized carbons (Fsp3) is 0.222. The topological polar surface area (TPSA) is 99.3 Å². The van der Waals surface area contributed by atoms with Crippen LogP contribution in [0, 0.1) is 0 Å². The normalized spacial score (nSPS) is 11.9. The molecule has 7 heteroatoms. The number of rotatable bonds is 3. The molecular weight excluding hydrogens is 280 g/mol. The van der Waals surface area contributed by atoms with Crippen molar-refractivity contribution >= 4 is 27.8 Å². The zero-order valence-corrected chi connectivity index (χ0v) is 9.87. The van der Waals surface area contributed by atoms with Gasteiger partial charge in [-0.3, -0.25) is 14.4 Å². The molecule has 0 aliphatic heterocycles. The third-order valence-electron chi connectivity index (χ3n) is 1.84. The lowest BCUT2D eigenvalue weighted by atomic mass is 10.2. The minimum Gasteiger partial charge on any atom is -0.480 e. The first-order valence-corrected chi connectivity index (χ1v) is 5.13. The third kappa shape index (κ3) is 2.93. The molecule has 0 bridgehead atoms. The summed E-state index contributed by atoms with van der Waals surface area (Å²) in [6.45, 7) is 1.35. The Labute approximate surface area is 98.8 Å². The average Bonchev–Trinajstić information content (AvgIpc) is 2.21. The van der Waals surface area contributed by atoms with Crippen LogP contribution >= 0.6 is 15.9 Å². The molecule has 1 aromatic heterocycles. The van der Waals surface area contributed by atoms with Crippen LogP contribution in [-0.4, -0.2) is 28.0 Å². The van der Waals surface area contributed by atoms with Crippen LogP contribution < -0.4 is 10.9 Å². The van der Waals surface area contributed by atoms with Gasteiger partial charge in [-0.25, -0.2) is 0 Å². The van der Waals surface area contributed by atoms with Crippen LogP contribution in [0.25, 0.3) is 0 Å². The van der Waals surface area contributed by atoms with Gasteiger partial charge in [0.05, 0.1) is 10.0 Å². The Balaban J connectivity index is 2.85. The number of amides is 1. The van der Waals surface area contributed by atoms with Crippen molar-refractivity contribution in [3.05, 3.63) is 32.7 Å². The van der Waals surface area contributed by atoms with Crippen molar-refractivity contribution in [1.82, 2.24) is 10.3 Å². The second-order valence-electron chi connectivity index (χ2n) is 3.10. The number of nitrogens with one attached hydrogen (secondary N) is 2. The van der Waals surface area contributed by atoms with Crippen molar-refractivity contribution in [1.29, 1.82) is 0 Å². The molecule has 0 saturated heterocycles. The molecule has 0 spiro atoms. The number of aliphatic carboxylic acids is 1. The van der Waals surface area contributed by atoms with Crippen LogP contribution in [0.5, 0.6) is 0 Å². The van der Waals surface area contributed by atoms with Gasteiger partial charge < -0.3 is 15.4 Å². The Bertz CT molecular complexity index is 483. The summed E-state index contributed by atoms with van der Waals surface area (Å²) in [5.74, 6) is -1.69. The largest absolute Gasteiger partial charge is 0.480 e. The van der Waals surface area contributed by atoms with E-state index in [-0.39, 0.29) is 15.6 Å². The van der Waals surface area contributed by atoms with E-state index in [4.69, 9.17) is 5.11 Å². The van der Waals surface area contributed by atoms with Gasteiger partial charge >= 0.3 is 5.97 Å². The number of H-pyrrole nitrogens is 1. The van der Waals surface area contributed by atoms with Gasteiger partial charge in [-0.1, -0.05) is 0 Å². The van der Waals surface area contributed by atoms with E-state index < -0.39 is 17.9 Å². The standard InChI is InChI=1S/C9H9BrN2O4/c1-4(9(15)16)12-7(13)5-2-6(10)8(14)11-3-5/h2-4H,1H3,(H,11,14)(H,12,13)(H,15,16)/t4-/m1/s1. The summed E-state index contributed by atoms with van der Waals surface area (Å²) in [6.07, 6.45) is 1.22. The van der Waals surface area contributed by atoms with Gasteiger partial charge in [-0.2, -0.15) is 0 Å². The molecule has 16 heavy (non-hydrogen) atoms. The van der Waals surface area contributed by atoms with Gasteiger partial charge in [-0.15, -0.1) is 0 Å². The molecule has 0 fully saturated rings. The van der Waals surface area contributed by atoms with E-state index in [9.17, 15) is 14.4 Å². The monoisotopic (exact) mass is 288 g/mol. The minimum atomic E-state index is -1.13. The number of carboxylic acids is 1. The highest BCUT2D eigenvalue weighted by Gasteiger charge is 2.15. The molecule has 3 N–H and O–H groups in total. The number of carbonyl (C=O) groups is 2. The molecule has 0 aromatic carbocycles. The Morgan fingerprint density at radius 3 is 2.69 bits per heavy atom. The van der Waals surface area contributed by atoms with Crippen molar-refractivity contribution in [2.24, 2.45) is 0 Å². The zero-order valence-electron chi connectivity index (χ0n) is 8.28. The summed E-state index contributed by atoms with van der Waals surface area (Å²) in [6, 6.07) is 0.334. The predicted molar refractivity (Wildman–Crippen MR) is 59.3 cm³/mol. The van der Waals surface area contributed by atoms with Gasteiger partial charge in [0, 0.05) is 6.20 Å². The number of halogens is 1. The molecular formula is C9H9BrN2O4. The number of carboxylic acid groups (broad SMARTS) is 1. The van der Waals surface area contributed by atoms with Crippen molar-refractivity contribution in [2.45, 2.75) is 13.0 Å². The number of pyridine rings is 1. The van der Waals surface area contributed by atoms with Gasteiger partial charge in [0.25, 0.3) is 11.5 Å². The van der Waals surface area contributed by atoms with E-state index in [2.05, 4.69) is 26.2 Å². The van der Waals surface area contributed by atoms with Crippen molar-refractivity contribution in [2.75, 3.05) is 0 Å². The van der Waals surface area contributed by atoms with E-state index in [1.54, 1.807) is 0 Å². The predicted octanol–water partition coefficient (Wildman–Crippen LogP) is 0.340. The first kappa shape index (κ1) is 12.4. The Morgan fingerprint density at radius 1 is 1.56 bits per heavy atom. The van der Waals surface area contributed by atoms with E-state index in [0.717, 1.165) is 0 Å². The van der Waals surface area contributed by atoms with Crippen molar-refractivity contribution in [3.63, 3.8) is 0 Å². The van der Waals surface area contributed by atoms with Gasteiger partial charge in [0.1, 0.15) is 6.04 Å². The van der Waals surface area contributed by atoms with Gasteiger partial charge in [0.15, 0.2) is 0 Å². The molecule has 1 aromatic rings. The molecule has 0 saturated carbocycles. The second-order valence-corrected chi connectivity index (χ2v) is 3.95. The quantitative estimate of drug-likeness (QED) is 0.747. The number of aromatic amines is 1. The van der Waals surface area contributed by atoms with Crippen LogP contribution in [0.1, 0.15) is 17.3 Å². The molecule has 6 nitrogen and oxygen atoms in total. The molecule has 1 amide bonds. The lowest BCUT2D eigenvalue weighted by molar-refractivity contribution is -0.138. The van der Waals surface area contributed by atoms with E-state index in [1.807, 2.05) is 0 Å². The lowest BCUT2D eigenvalue weighted by Gasteiger charge is -2.08. The second kappa shape index (κ2) is 4.93. The maximum Gasteiger partial charge on any atom is 0.325 e. The summed E-state index contributed by atoms with van der Waals surface area (Å²) < 4.78 is 0.211. The first-order chi connectivity index (χ1) is 7.41. The number of hydrogen-bond donors (Lipinski definition) is 3. The van der Waals surface area contributed by atoms with Crippen LogP contribution in [-0.2, 0) is 4.79 Å². The third-order valence-corrected chi connectivity index (χ3v) is 2.43. The Morgan fingerprint density at radius 2 is 2.19 bits per heavy atom. The van der Waals surface area contributed by atoms with Crippen LogP contribution in [0.15, 0.2) is 21.5 Å². The summed E-state index contributed by atoms with van der Waals surface area (Å²) >= 11 is 2.97. The number of aromatic nitrogens is 1. The summed E-state index contributed by atoms with van der Waals surface area (Å²) in [4.78, 5) is 35.3. The van der Waals surface area contributed by atoms with Crippen molar-refractivity contribution in [3.8, 4) is 0 Å². The number of carbonyl (C=O) groups excluding carboxylic acids is 1. The molecule has 1 atom stereocenters. The lowest BCUT2D eigenvalue weighted by Crippen LogP contribution is -2.38. The summed E-state index contributed by atoms with van der Waals surface area (Å²) in [7, 11) is 0. The molecule has 0 aliphatic rings. The highest BCUT2D eigenvalue weighted by Crippen LogP contribution is 2.05. The highest BCUT2D eigenvalue weighted by atomic mass is 79.9. The Hall–Kier alpha value is -1.63. The van der Waals surface area contributed by atoms with Gasteiger partial charge in [0.2, 0.25) is 0 Å². The fourth-order valence-corrected chi connectivity index (χ4v) is 1.29. The molecule has 0 aliphatic carbocycles. The average molecular weight is 289 g/mol. The minimum absolute atomic E-state index is 0.180. The van der Waals surface area contributed by atoms with Gasteiger partial charge in [-0.05, 0) is 28.9 Å². The highest BCUT2D eigenvalue weighted by molar-refractivity contribution is 9.10. The smallest absolute Gasteiger partial charge is 0.325 e. The fourth-order valence-electron chi connectivity index (χ4n) is 0.929. The first-order valence-electron chi connectivity index (χ1n) is 4.33.